The van der Waals surface area contributed by atoms with E-state index in [2.05, 4.69) is 0 Å². The van der Waals surface area contributed by atoms with Gasteiger partial charge >= 0.3 is 0 Å². The summed E-state index contributed by atoms with van der Waals surface area (Å²) in [6, 6.07) is 4.57. The average Bonchev–Trinajstić information content (AvgIpc) is 2.79. The Hall–Kier alpha value is -1.61. The van der Waals surface area contributed by atoms with Gasteiger partial charge in [0.15, 0.2) is 0 Å². The Kier molecular flexibility index (Phi) is 4.76. The smallest absolute Gasteiger partial charge is 0.269 e. The Morgan fingerprint density at radius 3 is 2.41 bits per heavy atom. The van der Waals surface area contributed by atoms with Gasteiger partial charge in [0, 0.05) is 23.8 Å². The molecule has 0 radical (unpaired) electrons. The topological polar surface area (TPSA) is 97.6 Å². The number of hydrogen-bond donors (Lipinski definition) is 0. The van der Waals surface area contributed by atoms with Crippen molar-refractivity contribution in [1.29, 1.82) is 0 Å². The van der Waals surface area contributed by atoms with Gasteiger partial charge in [0.25, 0.3) is 15.7 Å². The van der Waals surface area contributed by atoms with E-state index >= 15 is 0 Å². The van der Waals surface area contributed by atoms with Crippen molar-refractivity contribution in [3.8, 4) is 0 Å². The van der Waals surface area contributed by atoms with E-state index in [-0.39, 0.29) is 22.3 Å². The van der Waals surface area contributed by atoms with Crippen LogP contribution in [-0.2, 0) is 14.8 Å². The molecule has 1 aliphatic rings. The number of benzene rings is 1. The number of sulfonamides is 1. The van der Waals surface area contributed by atoms with Crippen LogP contribution in [0.4, 0.5) is 5.69 Å². The van der Waals surface area contributed by atoms with Crippen LogP contribution in [0.1, 0.15) is 26.7 Å². The maximum absolute atomic E-state index is 12.6. The van der Waals surface area contributed by atoms with Crippen LogP contribution in [0, 0.1) is 10.1 Å². The van der Waals surface area contributed by atoms with E-state index < -0.39 is 26.2 Å². The fraction of sp³-hybridized carbons (Fsp3) is 0.462. The van der Waals surface area contributed by atoms with Gasteiger partial charge in [0.2, 0.25) is 5.91 Å². The summed E-state index contributed by atoms with van der Waals surface area (Å²) in [4.78, 5) is 21.9. The van der Waals surface area contributed by atoms with Crippen molar-refractivity contribution in [2.45, 2.75) is 42.2 Å². The third-order valence-electron chi connectivity index (χ3n) is 3.15. The Morgan fingerprint density at radius 2 is 1.91 bits per heavy atom. The number of thioether (sulfide) groups is 1. The fourth-order valence-corrected chi connectivity index (χ4v) is 5.30. The number of carbonyl (C=O) groups is 1. The summed E-state index contributed by atoms with van der Waals surface area (Å²) in [5, 5.41) is 10.4. The maximum Gasteiger partial charge on any atom is 0.269 e. The van der Waals surface area contributed by atoms with Crippen molar-refractivity contribution in [2.24, 2.45) is 0 Å². The molecule has 2 rings (SSSR count). The number of hydrogen-bond acceptors (Lipinski definition) is 6. The van der Waals surface area contributed by atoms with Crippen molar-refractivity contribution < 1.29 is 18.1 Å². The predicted octanol–water partition coefficient (Wildman–Crippen LogP) is 2.37. The van der Waals surface area contributed by atoms with Crippen LogP contribution in [0.3, 0.4) is 0 Å². The normalized spacial score (nSPS) is 19.0. The Morgan fingerprint density at radius 1 is 1.32 bits per heavy atom. The van der Waals surface area contributed by atoms with Crippen molar-refractivity contribution >= 4 is 33.4 Å². The highest BCUT2D eigenvalue weighted by Crippen LogP contribution is 2.35. The molecular weight excluding hydrogens is 328 g/mol. The van der Waals surface area contributed by atoms with Crippen LogP contribution < -0.4 is 0 Å². The second-order valence-corrected chi connectivity index (χ2v) is 8.70. The number of nitro groups is 1. The Bertz CT molecular complexity index is 685. The van der Waals surface area contributed by atoms with Gasteiger partial charge in [-0.3, -0.25) is 14.9 Å². The van der Waals surface area contributed by atoms with E-state index in [1.165, 1.54) is 11.8 Å². The van der Waals surface area contributed by atoms with E-state index in [0.29, 0.717) is 6.42 Å². The maximum atomic E-state index is 12.6. The number of nitrogens with zero attached hydrogens (tertiary/aromatic N) is 2. The van der Waals surface area contributed by atoms with Gasteiger partial charge in [-0.05, 0) is 18.6 Å². The first-order valence-corrected chi connectivity index (χ1v) is 9.09. The van der Waals surface area contributed by atoms with Crippen LogP contribution in [0.5, 0.6) is 0 Å². The molecule has 1 fully saturated rings. The lowest BCUT2D eigenvalue weighted by Crippen LogP contribution is -2.37. The van der Waals surface area contributed by atoms with Crippen molar-refractivity contribution in [2.75, 3.05) is 0 Å². The van der Waals surface area contributed by atoms with Crippen molar-refractivity contribution in [3.63, 3.8) is 0 Å². The molecular formula is C13H16N2O5S2. The summed E-state index contributed by atoms with van der Waals surface area (Å²) in [7, 11) is -3.98. The van der Waals surface area contributed by atoms with Gasteiger partial charge < -0.3 is 0 Å². The number of rotatable bonds is 5. The Balaban J connectivity index is 2.35. The van der Waals surface area contributed by atoms with Crippen LogP contribution in [-0.4, -0.2) is 34.2 Å². The molecule has 1 aromatic rings. The van der Waals surface area contributed by atoms with Gasteiger partial charge in [0.1, 0.15) is 0 Å². The molecule has 0 spiro atoms. The largest absolute Gasteiger partial charge is 0.274 e. The quantitative estimate of drug-likeness (QED) is 0.601. The van der Waals surface area contributed by atoms with Gasteiger partial charge in [-0.2, -0.15) is 0 Å². The summed E-state index contributed by atoms with van der Waals surface area (Å²) in [6.07, 6.45) is 0.671. The highest BCUT2D eigenvalue weighted by molar-refractivity contribution is 8.01. The minimum absolute atomic E-state index is 0.109. The SMILES string of the molecule is CC(C)SC1CCC(=O)N1S(=O)(=O)c1ccc([N+](=O)[O-])cc1. The van der Waals surface area contributed by atoms with Crippen molar-refractivity contribution in [1.82, 2.24) is 4.31 Å². The van der Waals surface area contributed by atoms with Crippen molar-refractivity contribution in [3.05, 3.63) is 34.4 Å². The number of nitro benzene ring substituents is 1. The van der Waals surface area contributed by atoms with Crippen LogP contribution in [0.15, 0.2) is 29.2 Å². The first-order chi connectivity index (χ1) is 10.2. The molecule has 0 aromatic heterocycles. The minimum atomic E-state index is -3.98. The lowest BCUT2D eigenvalue weighted by atomic mass is 10.3. The summed E-state index contributed by atoms with van der Waals surface area (Å²) in [5.74, 6) is -0.434. The highest BCUT2D eigenvalue weighted by Gasteiger charge is 2.41. The van der Waals surface area contributed by atoms with Crippen LogP contribution >= 0.6 is 11.8 Å². The Labute approximate surface area is 132 Å². The highest BCUT2D eigenvalue weighted by atomic mass is 32.2. The monoisotopic (exact) mass is 344 g/mol. The standard InChI is InChI=1S/C13H16N2O5S2/c1-9(2)21-13-8-7-12(16)14(13)22(19,20)11-5-3-10(4-6-11)15(17)18/h3-6,9,13H,7-8H2,1-2H3. The zero-order valence-corrected chi connectivity index (χ0v) is 13.8. The molecule has 1 amide bonds. The molecule has 9 heteroatoms. The average molecular weight is 344 g/mol. The van der Waals surface area contributed by atoms with Crippen LogP contribution in [0.25, 0.3) is 0 Å². The molecule has 0 N–H and O–H groups in total. The molecule has 1 atom stereocenters. The number of amides is 1. The lowest BCUT2D eigenvalue weighted by molar-refractivity contribution is -0.384. The summed E-state index contributed by atoms with van der Waals surface area (Å²) in [6.45, 7) is 3.87. The van der Waals surface area contributed by atoms with Gasteiger partial charge in [-0.25, -0.2) is 12.7 Å². The molecule has 7 nitrogen and oxygen atoms in total. The molecule has 120 valence electrons. The van der Waals surface area contributed by atoms with Crippen LogP contribution in [0.2, 0.25) is 0 Å². The lowest BCUT2D eigenvalue weighted by Gasteiger charge is -2.25. The minimum Gasteiger partial charge on any atom is -0.274 e. The summed E-state index contributed by atoms with van der Waals surface area (Å²) < 4.78 is 26.2. The third-order valence-corrected chi connectivity index (χ3v) is 6.43. The second-order valence-electron chi connectivity index (χ2n) is 5.12. The first kappa shape index (κ1) is 16.8. The predicted molar refractivity (Wildman–Crippen MR) is 82.9 cm³/mol. The zero-order valence-electron chi connectivity index (χ0n) is 12.1. The van der Waals surface area contributed by atoms with Gasteiger partial charge in [-0.15, -0.1) is 11.8 Å². The molecule has 1 saturated heterocycles. The molecule has 1 aromatic carbocycles. The molecule has 22 heavy (non-hydrogen) atoms. The molecule has 0 aliphatic carbocycles. The third kappa shape index (κ3) is 3.25. The second kappa shape index (κ2) is 6.25. The number of carbonyl (C=O) groups excluding carboxylic acids is 1. The molecule has 0 bridgehead atoms. The number of non-ortho nitro benzene ring substituents is 1. The fourth-order valence-electron chi connectivity index (χ4n) is 2.21. The summed E-state index contributed by atoms with van der Waals surface area (Å²) in [5.41, 5.74) is -0.195. The van der Waals surface area contributed by atoms with E-state index in [1.807, 2.05) is 13.8 Å². The zero-order chi connectivity index (χ0) is 16.5. The molecule has 1 unspecified atom stereocenters. The summed E-state index contributed by atoms with van der Waals surface area (Å²) >= 11 is 1.42. The molecule has 1 aliphatic heterocycles. The van der Waals surface area contributed by atoms with Gasteiger partial charge in [0.05, 0.1) is 15.2 Å². The van der Waals surface area contributed by atoms with E-state index in [9.17, 15) is 23.3 Å². The van der Waals surface area contributed by atoms with E-state index in [0.717, 1.165) is 28.6 Å². The first-order valence-electron chi connectivity index (χ1n) is 6.70. The van der Waals surface area contributed by atoms with E-state index in [4.69, 9.17) is 0 Å². The van der Waals surface area contributed by atoms with Gasteiger partial charge in [-0.1, -0.05) is 13.8 Å². The molecule has 1 heterocycles. The van der Waals surface area contributed by atoms with E-state index in [1.54, 1.807) is 0 Å². The molecule has 0 saturated carbocycles.